The first kappa shape index (κ1) is 27.8. The minimum atomic E-state index is -4.53. The van der Waals surface area contributed by atoms with Crippen molar-refractivity contribution in [2.75, 3.05) is 22.9 Å². The SMILES string of the molecule is CC(C)c1cccc(C(C)C)c1N1CCN(c2c(C(C)C)cccc2C(C)C)C1=N/N=C\C(F)(F)F. The number of halogens is 3. The average molecular weight is 501 g/mol. The number of nitrogens with zero attached hydrogens (tertiary/aromatic N) is 4. The van der Waals surface area contributed by atoms with Crippen molar-refractivity contribution >= 4 is 23.5 Å². The zero-order chi connectivity index (χ0) is 26.8. The molecule has 0 radical (unpaired) electrons. The van der Waals surface area contributed by atoms with Crippen LogP contribution in [0.15, 0.2) is 46.6 Å². The molecule has 7 heteroatoms. The molecule has 1 aliphatic rings. The van der Waals surface area contributed by atoms with Crippen molar-refractivity contribution < 1.29 is 13.2 Å². The smallest absolute Gasteiger partial charge is 0.308 e. The van der Waals surface area contributed by atoms with E-state index in [9.17, 15) is 13.2 Å². The molecule has 0 aromatic heterocycles. The van der Waals surface area contributed by atoms with E-state index in [0.717, 1.165) is 33.6 Å². The van der Waals surface area contributed by atoms with Crippen LogP contribution in [0.5, 0.6) is 0 Å². The highest BCUT2D eigenvalue weighted by Crippen LogP contribution is 2.41. The van der Waals surface area contributed by atoms with Gasteiger partial charge in [0.2, 0.25) is 5.96 Å². The van der Waals surface area contributed by atoms with Gasteiger partial charge < -0.3 is 9.80 Å². The number of benzene rings is 2. The van der Waals surface area contributed by atoms with E-state index >= 15 is 0 Å². The van der Waals surface area contributed by atoms with Crippen LogP contribution in [0.2, 0.25) is 0 Å². The molecule has 0 unspecified atom stereocenters. The monoisotopic (exact) mass is 500 g/mol. The van der Waals surface area contributed by atoms with Crippen LogP contribution in [0.3, 0.4) is 0 Å². The Labute approximate surface area is 213 Å². The van der Waals surface area contributed by atoms with Gasteiger partial charge in [-0.05, 0) is 45.9 Å². The predicted molar refractivity (Wildman–Crippen MR) is 146 cm³/mol. The molecule has 2 aromatic rings. The number of para-hydroxylation sites is 2. The molecule has 0 spiro atoms. The number of hydrogen-bond acceptors (Lipinski definition) is 2. The highest BCUT2D eigenvalue weighted by molar-refractivity contribution is 6.11. The minimum absolute atomic E-state index is 0.0376. The summed E-state index contributed by atoms with van der Waals surface area (Å²) in [5.74, 6) is 1.38. The van der Waals surface area contributed by atoms with E-state index in [1.54, 1.807) is 0 Å². The van der Waals surface area contributed by atoms with Crippen LogP contribution in [-0.2, 0) is 0 Å². The van der Waals surface area contributed by atoms with E-state index in [0.29, 0.717) is 19.0 Å². The van der Waals surface area contributed by atoms with Crippen LogP contribution >= 0.6 is 0 Å². The fourth-order valence-electron chi connectivity index (χ4n) is 4.87. The summed E-state index contributed by atoms with van der Waals surface area (Å²) in [5.41, 5.74) is 6.65. The molecule has 2 aromatic carbocycles. The third kappa shape index (κ3) is 5.93. The summed E-state index contributed by atoms with van der Waals surface area (Å²) in [6.45, 7) is 18.3. The van der Waals surface area contributed by atoms with Gasteiger partial charge >= 0.3 is 6.18 Å². The van der Waals surface area contributed by atoms with Gasteiger partial charge in [0, 0.05) is 13.1 Å². The molecule has 36 heavy (non-hydrogen) atoms. The van der Waals surface area contributed by atoms with Crippen LogP contribution in [0.25, 0.3) is 0 Å². The van der Waals surface area contributed by atoms with Gasteiger partial charge in [0.25, 0.3) is 0 Å². The first-order chi connectivity index (χ1) is 16.8. The van der Waals surface area contributed by atoms with Gasteiger partial charge in [0.1, 0.15) is 6.21 Å². The molecule has 3 rings (SSSR count). The molecule has 0 aliphatic carbocycles. The molecule has 0 amide bonds. The Morgan fingerprint density at radius 1 is 0.667 bits per heavy atom. The van der Waals surface area contributed by atoms with E-state index in [1.807, 2.05) is 0 Å². The van der Waals surface area contributed by atoms with Crippen LogP contribution in [-0.4, -0.2) is 31.4 Å². The zero-order valence-corrected chi connectivity index (χ0v) is 22.7. The first-order valence-electron chi connectivity index (χ1n) is 12.8. The average Bonchev–Trinajstić information content (AvgIpc) is 3.19. The molecular weight excluding hydrogens is 461 g/mol. The van der Waals surface area contributed by atoms with Gasteiger partial charge in [0.05, 0.1) is 11.4 Å². The van der Waals surface area contributed by atoms with Gasteiger partial charge in [-0.15, -0.1) is 5.10 Å². The van der Waals surface area contributed by atoms with Crippen molar-refractivity contribution in [2.45, 2.75) is 85.2 Å². The Bertz CT molecular complexity index is 988. The van der Waals surface area contributed by atoms with Crippen molar-refractivity contribution in [1.29, 1.82) is 0 Å². The van der Waals surface area contributed by atoms with E-state index in [1.165, 1.54) is 0 Å². The third-order valence-corrected chi connectivity index (χ3v) is 6.61. The minimum Gasteiger partial charge on any atom is -0.308 e. The van der Waals surface area contributed by atoms with Gasteiger partial charge in [-0.3, -0.25) is 0 Å². The Morgan fingerprint density at radius 3 is 1.28 bits per heavy atom. The molecule has 1 aliphatic heterocycles. The molecule has 0 atom stereocenters. The lowest BCUT2D eigenvalue weighted by Gasteiger charge is -2.31. The van der Waals surface area contributed by atoms with Gasteiger partial charge in [-0.25, -0.2) is 0 Å². The van der Waals surface area contributed by atoms with Crippen LogP contribution < -0.4 is 9.80 Å². The number of alkyl halides is 3. The van der Waals surface area contributed by atoms with Crippen LogP contribution in [0, 0.1) is 0 Å². The molecule has 0 N–H and O–H groups in total. The van der Waals surface area contributed by atoms with E-state index < -0.39 is 6.18 Å². The molecular formula is C29H39F3N4. The molecule has 196 valence electrons. The second kappa shape index (κ2) is 11.1. The highest BCUT2D eigenvalue weighted by atomic mass is 19.4. The normalized spacial score (nSPS) is 15.0. The Balaban J connectivity index is 2.29. The maximum absolute atomic E-state index is 13.0. The summed E-state index contributed by atoms with van der Waals surface area (Å²) in [5, 5.41) is 7.77. The zero-order valence-electron chi connectivity index (χ0n) is 22.7. The van der Waals surface area contributed by atoms with E-state index in [4.69, 9.17) is 0 Å². The van der Waals surface area contributed by atoms with E-state index in [2.05, 4.69) is 112 Å². The number of guanidine groups is 1. The van der Waals surface area contributed by atoms with Crippen molar-refractivity contribution in [2.24, 2.45) is 10.2 Å². The number of hydrogen-bond donors (Lipinski definition) is 0. The van der Waals surface area contributed by atoms with Crippen molar-refractivity contribution in [3.05, 3.63) is 58.7 Å². The Hall–Kier alpha value is -2.83. The van der Waals surface area contributed by atoms with Crippen molar-refractivity contribution in [3.63, 3.8) is 0 Å². The van der Waals surface area contributed by atoms with Crippen LogP contribution in [0.1, 0.15) is 101 Å². The van der Waals surface area contributed by atoms with Gasteiger partial charge in [-0.2, -0.15) is 18.3 Å². The molecule has 1 heterocycles. The molecule has 1 fully saturated rings. The fourth-order valence-corrected chi connectivity index (χ4v) is 4.87. The maximum Gasteiger partial charge on any atom is 0.428 e. The van der Waals surface area contributed by atoms with Gasteiger partial charge in [-0.1, -0.05) is 91.8 Å². The van der Waals surface area contributed by atoms with Crippen molar-refractivity contribution in [1.82, 2.24) is 0 Å². The molecule has 1 saturated heterocycles. The first-order valence-corrected chi connectivity index (χ1v) is 12.8. The van der Waals surface area contributed by atoms with E-state index in [-0.39, 0.29) is 29.9 Å². The quantitative estimate of drug-likeness (QED) is 0.282. The van der Waals surface area contributed by atoms with Gasteiger partial charge in [0.15, 0.2) is 0 Å². The lowest BCUT2D eigenvalue weighted by molar-refractivity contribution is -0.0537. The summed E-state index contributed by atoms with van der Waals surface area (Å²) >= 11 is 0. The predicted octanol–water partition coefficient (Wildman–Crippen LogP) is 8.41. The Morgan fingerprint density at radius 2 is 1.00 bits per heavy atom. The largest absolute Gasteiger partial charge is 0.428 e. The Kier molecular flexibility index (Phi) is 8.52. The molecule has 4 nitrogen and oxygen atoms in total. The fraction of sp³-hybridized carbons (Fsp3) is 0.517. The summed E-state index contributed by atoms with van der Waals surface area (Å²) in [7, 11) is 0. The standard InChI is InChI=1S/C29H39F3N4/c1-18(2)22-11-9-12-23(19(3)4)26(22)35-15-16-36(28(35)34-33-17-29(30,31)32)27-24(20(5)6)13-10-14-25(27)21(7)8/h9-14,17-21H,15-16H2,1-8H3/b33-17-. The number of rotatable bonds is 7. The summed E-state index contributed by atoms with van der Waals surface area (Å²) in [4.78, 5) is 4.14. The summed E-state index contributed by atoms with van der Waals surface area (Å²) < 4.78 is 39.0. The summed E-state index contributed by atoms with van der Waals surface area (Å²) in [6.07, 6.45) is -4.57. The maximum atomic E-state index is 13.0. The second-order valence-electron chi connectivity index (χ2n) is 10.7. The third-order valence-electron chi connectivity index (χ3n) is 6.61. The second-order valence-corrected chi connectivity index (χ2v) is 10.7. The van der Waals surface area contributed by atoms with Crippen molar-refractivity contribution in [3.8, 4) is 0 Å². The highest BCUT2D eigenvalue weighted by Gasteiger charge is 2.35. The molecule has 0 bridgehead atoms. The number of anilines is 2. The molecule has 0 saturated carbocycles. The van der Waals surface area contributed by atoms with Crippen LogP contribution in [0.4, 0.5) is 24.5 Å². The lowest BCUT2D eigenvalue weighted by atomic mass is 9.91. The summed E-state index contributed by atoms with van der Waals surface area (Å²) in [6, 6.07) is 12.5. The lowest BCUT2D eigenvalue weighted by Crippen LogP contribution is -2.36. The topological polar surface area (TPSA) is 31.2 Å².